The second-order valence-corrected chi connectivity index (χ2v) is 7.37. The number of amides is 1. The predicted octanol–water partition coefficient (Wildman–Crippen LogP) is 2.79. The van der Waals surface area contributed by atoms with Gasteiger partial charge in [-0.25, -0.2) is 0 Å². The molecule has 0 saturated heterocycles. The van der Waals surface area contributed by atoms with Crippen molar-refractivity contribution < 1.29 is 9.90 Å². The minimum atomic E-state index is -0.541. The zero-order chi connectivity index (χ0) is 15.8. The first kappa shape index (κ1) is 14.8. The molecule has 0 bridgehead atoms. The van der Waals surface area contributed by atoms with E-state index in [2.05, 4.69) is 11.4 Å². The molecule has 4 rings (SSSR count). The van der Waals surface area contributed by atoms with E-state index in [1.807, 2.05) is 42.5 Å². The van der Waals surface area contributed by atoms with Gasteiger partial charge in [-0.2, -0.15) is 0 Å². The van der Waals surface area contributed by atoms with Gasteiger partial charge in [0.05, 0.1) is 12.1 Å². The van der Waals surface area contributed by atoms with Gasteiger partial charge in [-0.05, 0) is 34.4 Å². The molecule has 1 heterocycles. The Morgan fingerprint density at radius 2 is 1.74 bits per heavy atom. The molecule has 0 spiro atoms. The molecule has 1 aliphatic heterocycles. The summed E-state index contributed by atoms with van der Waals surface area (Å²) < 4.78 is 0. The largest absolute Gasteiger partial charge is 0.390 e. The molecule has 2 aromatic carbocycles. The Kier molecular flexibility index (Phi) is 3.87. The Labute approximate surface area is 140 Å². The fraction of sp³-hybridized carbons (Fsp3) is 0.316. The molecule has 3 atom stereocenters. The van der Waals surface area contributed by atoms with Gasteiger partial charge < -0.3 is 10.4 Å². The highest BCUT2D eigenvalue weighted by molar-refractivity contribution is 8.00. The maximum atomic E-state index is 12.8. The van der Waals surface area contributed by atoms with Gasteiger partial charge in [-0.15, -0.1) is 11.8 Å². The summed E-state index contributed by atoms with van der Waals surface area (Å²) in [6.45, 7) is 0. The maximum absolute atomic E-state index is 12.8. The molecule has 3 nitrogen and oxygen atoms in total. The van der Waals surface area contributed by atoms with Crippen LogP contribution in [0.4, 0.5) is 0 Å². The number of hydrogen-bond acceptors (Lipinski definition) is 3. The third kappa shape index (κ3) is 2.66. The van der Waals surface area contributed by atoms with Gasteiger partial charge in [0.25, 0.3) is 0 Å². The van der Waals surface area contributed by atoms with Crippen LogP contribution in [0.25, 0.3) is 0 Å². The highest BCUT2D eigenvalue weighted by Crippen LogP contribution is 2.38. The fourth-order valence-corrected chi connectivity index (χ4v) is 4.79. The van der Waals surface area contributed by atoms with E-state index in [1.165, 1.54) is 5.56 Å². The summed E-state index contributed by atoms with van der Waals surface area (Å²) in [6, 6.07) is 15.8. The molecule has 2 aliphatic rings. The molecule has 1 amide bonds. The van der Waals surface area contributed by atoms with E-state index in [0.717, 1.165) is 28.9 Å². The number of aliphatic hydroxyl groups is 1. The van der Waals surface area contributed by atoms with E-state index in [0.29, 0.717) is 6.42 Å². The molecule has 2 aromatic rings. The first-order valence-electron chi connectivity index (χ1n) is 7.99. The van der Waals surface area contributed by atoms with Crippen LogP contribution < -0.4 is 5.32 Å². The lowest BCUT2D eigenvalue weighted by Gasteiger charge is -2.27. The van der Waals surface area contributed by atoms with Crippen LogP contribution >= 0.6 is 11.8 Å². The summed E-state index contributed by atoms with van der Waals surface area (Å²) in [5, 5.41) is 13.2. The highest BCUT2D eigenvalue weighted by atomic mass is 32.2. The van der Waals surface area contributed by atoms with Crippen molar-refractivity contribution >= 4 is 17.7 Å². The predicted molar refractivity (Wildman–Crippen MR) is 92.4 cm³/mol. The van der Waals surface area contributed by atoms with Crippen LogP contribution in [0, 0.1) is 0 Å². The van der Waals surface area contributed by atoms with Gasteiger partial charge in [0.1, 0.15) is 5.25 Å². The number of nitrogens with one attached hydrogen (secondary N) is 1. The molecule has 0 aromatic heterocycles. The summed E-state index contributed by atoms with van der Waals surface area (Å²) >= 11 is 1.69. The van der Waals surface area contributed by atoms with Crippen molar-refractivity contribution in [1.82, 2.24) is 5.32 Å². The molecule has 1 aliphatic carbocycles. The molecule has 0 fully saturated rings. The molecule has 1 unspecified atom stereocenters. The van der Waals surface area contributed by atoms with Crippen molar-refractivity contribution in [3.8, 4) is 0 Å². The Morgan fingerprint density at radius 1 is 1.04 bits per heavy atom. The Hall–Kier alpha value is -1.78. The number of hydrogen-bond donors (Lipinski definition) is 2. The number of carbonyl (C=O) groups is 1. The standard InChI is InChI=1S/C19H19NO2S/c21-16-11-13-6-2-3-7-14(13)17(16)20-19(22)18-15-8-4-1-5-12(15)9-10-23-18/h1-8,16-18,21H,9-11H2,(H,20,22)/t16-,17+,18?/m0/s1. The second kappa shape index (κ2) is 6.02. The van der Waals surface area contributed by atoms with Crippen LogP contribution in [0.2, 0.25) is 0 Å². The highest BCUT2D eigenvalue weighted by Gasteiger charge is 2.35. The number of thioether (sulfide) groups is 1. The van der Waals surface area contributed by atoms with Crippen LogP contribution in [-0.4, -0.2) is 22.9 Å². The minimum absolute atomic E-state index is 0.00269. The number of aryl methyl sites for hydroxylation is 1. The Morgan fingerprint density at radius 3 is 2.57 bits per heavy atom. The van der Waals surface area contributed by atoms with Gasteiger partial charge in [0, 0.05) is 6.42 Å². The number of fused-ring (bicyclic) bond motifs is 2. The van der Waals surface area contributed by atoms with Crippen molar-refractivity contribution in [1.29, 1.82) is 0 Å². The fourth-order valence-electron chi connectivity index (χ4n) is 3.59. The summed E-state index contributed by atoms with van der Waals surface area (Å²) in [4.78, 5) is 12.8. The first-order chi connectivity index (χ1) is 11.2. The molecular formula is C19H19NO2S. The normalized spacial score (nSPS) is 25.5. The summed E-state index contributed by atoms with van der Waals surface area (Å²) in [6.07, 6.45) is 1.08. The molecule has 118 valence electrons. The minimum Gasteiger partial charge on any atom is -0.390 e. The van der Waals surface area contributed by atoms with Gasteiger partial charge in [0.15, 0.2) is 0 Å². The van der Waals surface area contributed by atoms with E-state index < -0.39 is 6.10 Å². The molecule has 2 N–H and O–H groups in total. The van der Waals surface area contributed by atoms with E-state index >= 15 is 0 Å². The van der Waals surface area contributed by atoms with Gasteiger partial charge in [-0.1, -0.05) is 48.5 Å². The molecule has 4 heteroatoms. The van der Waals surface area contributed by atoms with E-state index in [-0.39, 0.29) is 17.2 Å². The van der Waals surface area contributed by atoms with E-state index in [9.17, 15) is 9.90 Å². The molecule has 0 radical (unpaired) electrons. The van der Waals surface area contributed by atoms with Crippen molar-refractivity contribution in [3.63, 3.8) is 0 Å². The number of rotatable bonds is 2. The average Bonchev–Trinajstić information content (AvgIpc) is 2.90. The lowest BCUT2D eigenvalue weighted by Crippen LogP contribution is -2.37. The van der Waals surface area contributed by atoms with Gasteiger partial charge in [0.2, 0.25) is 5.91 Å². The van der Waals surface area contributed by atoms with Crippen LogP contribution in [0.1, 0.15) is 33.5 Å². The molecule has 0 saturated carbocycles. The summed E-state index contributed by atoms with van der Waals surface area (Å²) in [5.74, 6) is 0.960. The van der Waals surface area contributed by atoms with Crippen LogP contribution in [0.5, 0.6) is 0 Å². The van der Waals surface area contributed by atoms with Crippen molar-refractivity contribution in [2.45, 2.75) is 30.2 Å². The smallest absolute Gasteiger partial charge is 0.238 e. The van der Waals surface area contributed by atoms with Crippen molar-refractivity contribution in [2.75, 3.05) is 5.75 Å². The summed E-state index contributed by atoms with van der Waals surface area (Å²) in [7, 11) is 0. The number of aliphatic hydroxyl groups excluding tert-OH is 1. The Balaban J connectivity index is 1.58. The topological polar surface area (TPSA) is 49.3 Å². The Bertz CT molecular complexity index is 746. The number of benzene rings is 2. The maximum Gasteiger partial charge on any atom is 0.238 e. The van der Waals surface area contributed by atoms with Gasteiger partial charge >= 0.3 is 0 Å². The van der Waals surface area contributed by atoms with E-state index in [1.54, 1.807) is 11.8 Å². The summed E-state index contributed by atoms with van der Waals surface area (Å²) in [5.41, 5.74) is 4.55. The second-order valence-electron chi connectivity index (χ2n) is 6.16. The number of carbonyl (C=O) groups excluding carboxylic acids is 1. The zero-order valence-electron chi connectivity index (χ0n) is 12.7. The van der Waals surface area contributed by atoms with Crippen LogP contribution in [0.3, 0.4) is 0 Å². The monoisotopic (exact) mass is 325 g/mol. The van der Waals surface area contributed by atoms with Crippen molar-refractivity contribution in [3.05, 3.63) is 70.8 Å². The third-order valence-electron chi connectivity index (χ3n) is 4.73. The molecule has 23 heavy (non-hydrogen) atoms. The zero-order valence-corrected chi connectivity index (χ0v) is 13.6. The molecular weight excluding hydrogens is 306 g/mol. The van der Waals surface area contributed by atoms with Crippen LogP contribution in [0.15, 0.2) is 48.5 Å². The van der Waals surface area contributed by atoms with Gasteiger partial charge in [-0.3, -0.25) is 4.79 Å². The first-order valence-corrected chi connectivity index (χ1v) is 9.04. The third-order valence-corrected chi connectivity index (χ3v) is 5.97. The van der Waals surface area contributed by atoms with E-state index in [4.69, 9.17) is 0 Å². The van der Waals surface area contributed by atoms with Crippen molar-refractivity contribution in [2.24, 2.45) is 0 Å². The lowest BCUT2D eigenvalue weighted by atomic mass is 10.0. The SMILES string of the molecule is O=C(N[C@@H]1c2ccccc2C[C@@H]1O)C1SCCc2ccccc21. The average molecular weight is 325 g/mol. The lowest BCUT2D eigenvalue weighted by molar-refractivity contribution is -0.122. The van der Waals surface area contributed by atoms with Crippen LogP contribution in [-0.2, 0) is 17.6 Å². The quantitative estimate of drug-likeness (QED) is 0.893.